The summed E-state index contributed by atoms with van der Waals surface area (Å²) in [5.41, 5.74) is 5.20. The molecule has 8 heteroatoms. The molecule has 0 spiro atoms. The number of hydrogen-bond acceptors (Lipinski definition) is 6. The second-order valence-electron chi connectivity index (χ2n) is 2.73. The van der Waals surface area contributed by atoms with Gasteiger partial charge in [-0.2, -0.15) is 0 Å². The van der Waals surface area contributed by atoms with Crippen molar-refractivity contribution in [3.63, 3.8) is 0 Å². The molecule has 2 heterocycles. The third-order valence-electron chi connectivity index (χ3n) is 1.54. The molecule has 0 aliphatic carbocycles. The molecule has 0 bridgehead atoms. The molecule has 2 rings (SSSR count). The van der Waals surface area contributed by atoms with Crippen molar-refractivity contribution < 1.29 is 0 Å². The number of nitrogens with two attached hydrogens (primary N) is 1. The van der Waals surface area contributed by atoms with Crippen LogP contribution in [0.25, 0.3) is 0 Å². The van der Waals surface area contributed by atoms with Crippen LogP contribution in [0.4, 0.5) is 5.95 Å². The van der Waals surface area contributed by atoms with Crippen LogP contribution in [0.5, 0.6) is 0 Å². The van der Waals surface area contributed by atoms with Crippen LogP contribution >= 0.6 is 23.4 Å². The summed E-state index contributed by atoms with van der Waals surface area (Å²) in [6, 6.07) is 2.86. The number of rotatable bonds is 2. The molecule has 0 unspecified atom stereocenters. The molecule has 0 radical (unpaired) electrons. The Morgan fingerprint density at radius 1 is 1.44 bits per heavy atom. The van der Waals surface area contributed by atoms with E-state index < -0.39 is 0 Å². The lowest BCUT2D eigenvalue weighted by Gasteiger charge is -2.00. The topological polar surface area (TPSA) is 97.5 Å². The molecule has 0 atom stereocenters. The first-order valence-corrected chi connectivity index (χ1v) is 5.36. The maximum absolute atomic E-state index is 11.0. The van der Waals surface area contributed by atoms with E-state index in [0.717, 1.165) is 11.8 Å². The summed E-state index contributed by atoms with van der Waals surface area (Å²) in [5, 5.41) is 1.18. The van der Waals surface area contributed by atoms with Crippen molar-refractivity contribution in [3.05, 3.63) is 33.8 Å². The fourth-order valence-corrected chi connectivity index (χ4v) is 2.00. The van der Waals surface area contributed by atoms with Crippen molar-refractivity contribution in [3.8, 4) is 0 Å². The molecule has 6 nitrogen and oxygen atoms in total. The largest absolute Gasteiger partial charge is 0.368 e. The summed E-state index contributed by atoms with van der Waals surface area (Å²) in [4.78, 5) is 25.2. The Morgan fingerprint density at radius 2 is 2.25 bits per heavy atom. The Balaban J connectivity index is 2.30. The van der Waals surface area contributed by atoms with Crippen LogP contribution in [0.1, 0.15) is 0 Å². The predicted octanol–water partition coefficient (Wildman–Crippen LogP) is 0.947. The van der Waals surface area contributed by atoms with Crippen molar-refractivity contribution in [1.29, 1.82) is 0 Å². The van der Waals surface area contributed by atoms with Crippen LogP contribution in [0.3, 0.4) is 0 Å². The summed E-state index contributed by atoms with van der Waals surface area (Å²) in [6.45, 7) is 0. The normalized spacial score (nSPS) is 10.3. The fraction of sp³-hybridized carbons (Fsp3) is 0. The molecule has 0 amide bonds. The average Bonchev–Trinajstić information content (AvgIpc) is 2.15. The highest BCUT2D eigenvalue weighted by molar-refractivity contribution is 7.99. The monoisotopic (exact) mass is 255 g/mol. The Hall–Kier alpha value is -1.60. The molecule has 2 aromatic rings. The van der Waals surface area contributed by atoms with E-state index in [-0.39, 0.29) is 16.7 Å². The first kappa shape index (κ1) is 10.9. The number of nitrogens with one attached hydrogen (secondary N) is 1. The van der Waals surface area contributed by atoms with Gasteiger partial charge in [0.2, 0.25) is 5.95 Å². The molecule has 0 saturated carbocycles. The zero-order valence-electron chi connectivity index (χ0n) is 7.85. The summed E-state index contributed by atoms with van der Waals surface area (Å²) in [5.74, 6) is 0.0771. The number of hydrogen-bond donors (Lipinski definition) is 2. The first-order valence-electron chi connectivity index (χ1n) is 4.17. The molecule has 0 aliphatic rings. The highest BCUT2D eigenvalue weighted by Gasteiger charge is 2.04. The Kier molecular flexibility index (Phi) is 3.07. The third kappa shape index (κ3) is 2.71. The lowest BCUT2D eigenvalue weighted by atomic mass is 10.7. The zero-order valence-corrected chi connectivity index (χ0v) is 9.42. The van der Waals surface area contributed by atoms with Gasteiger partial charge in [-0.25, -0.2) is 15.0 Å². The minimum Gasteiger partial charge on any atom is -0.368 e. The van der Waals surface area contributed by atoms with E-state index in [2.05, 4.69) is 19.9 Å². The van der Waals surface area contributed by atoms with Crippen LogP contribution < -0.4 is 11.3 Å². The third-order valence-corrected chi connectivity index (χ3v) is 2.55. The molecule has 82 valence electrons. The summed E-state index contributed by atoms with van der Waals surface area (Å²) >= 11 is 6.86. The quantitative estimate of drug-likeness (QED) is 0.612. The number of nitrogens with zero attached hydrogens (tertiary/aromatic N) is 3. The molecular weight excluding hydrogens is 250 g/mol. The standard InChI is InChI=1S/C8H6ClN5OS/c9-4-3-6(14-7(10)12-4)16-8-11-2-1-5(15)13-8/h1-3H,(H2,10,12,14)(H,11,13,15). The van der Waals surface area contributed by atoms with E-state index in [1.807, 2.05) is 0 Å². The first-order chi connectivity index (χ1) is 7.63. The lowest BCUT2D eigenvalue weighted by Crippen LogP contribution is -2.05. The van der Waals surface area contributed by atoms with Gasteiger partial charge in [0.05, 0.1) is 0 Å². The number of H-pyrrole nitrogens is 1. The van der Waals surface area contributed by atoms with Crippen molar-refractivity contribution >= 4 is 29.3 Å². The number of anilines is 1. The van der Waals surface area contributed by atoms with Crippen molar-refractivity contribution in [2.75, 3.05) is 5.73 Å². The van der Waals surface area contributed by atoms with E-state index in [1.165, 1.54) is 18.3 Å². The molecule has 0 aliphatic heterocycles. The van der Waals surface area contributed by atoms with Gasteiger partial charge in [-0.1, -0.05) is 11.6 Å². The van der Waals surface area contributed by atoms with E-state index in [0.29, 0.717) is 10.2 Å². The molecule has 2 aromatic heterocycles. The molecular formula is C8H6ClN5OS. The van der Waals surface area contributed by atoms with Crippen molar-refractivity contribution in [1.82, 2.24) is 19.9 Å². The smallest absolute Gasteiger partial charge is 0.251 e. The predicted molar refractivity (Wildman–Crippen MR) is 60.4 cm³/mol. The highest BCUT2D eigenvalue weighted by atomic mass is 35.5. The van der Waals surface area contributed by atoms with Crippen molar-refractivity contribution in [2.45, 2.75) is 10.2 Å². The van der Waals surface area contributed by atoms with Gasteiger partial charge in [0.15, 0.2) is 5.16 Å². The van der Waals surface area contributed by atoms with Gasteiger partial charge in [0.25, 0.3) is 5.56 Å². The van der Waals surface area contributed by atoms with Crippen LogP contribution in [0.2, 0.25) is 5.15 Å². The van der Waals surface area contributed by atoms with Crippen molar-refractivity contribution in [2.24, 2.45) is 0 Å². The summed E-state index contributed by atoms with van der Waals surface area (Å²) < 4.78 is 0. The number of aromatic amines is 1. The number of nitrogen functional groups attached to an aromatic ring is 1. The highest BCUT2D eigenvalue weighted by Crippen LogP contribution is 2.23. The Labute approximate surface area is 99.3 Å². The minimum atomic E-state index is -0.231. The van der Waals surface area contributed by atoms with E-state index >= 15 is 0 Å². The van der Waals surface area contributed by atoms with Crippen LogP contribution in [-0.2, 0) is 0 Å². The van der Waals surface area contributed by atoms with Gasteiger partial charge in [-0.15, -0.1) is 0 Å². The van der Waals surface area contributed by atoms with E-state index in [4.69, 9.17) is 17.3 Å². The van der Waals surface area contributed by atoms with Gasteiger partial charge in [-0.3, -0.25) is 4.79 Å². The molecule has 3 N–H and O–H groups in total. The second kappa shape index (κ2) is 4.50. The van der Waals surface area contributed by atoms with Gasteiger partial charge < -0.3 is 10.7 Å². The Morgan fingerprint density at radius 3 is 2.94 bits per heavy atom. The summed E-state index contributed by atoms with van der Waals surface area (Å²) in [6.07, 6.45) is 1.41. The molecule has 0 saturated heterocycles. The number of aromatic nitrogens is 4. The average molecular weight is 256 g/mol. The van der Waals surface area contributed by atoms with Crippen LogP contribution in [0.15, 0.2) is 33.3 Å². The maximum atomic E-state index is 11.0. The van der Waals surface area contributed by atoms with E-state index in [1.54, 1.807) is 0 Å². The molecule has 0 fully saturated rings. The van der Waals surface area contributed by atoms with Crippen LogP contribution in [0, 0.1) is 0 Å². The summed E-state index contributed by atoms with van der Waals surface area (Å²) in [7, 11) is 0. The Bertz CT molecular complexity index is 552. The number of halogens is 1. The zero-order chi connectivity index (χ0) is 11.5. The molecule has 16 heavy (non-hydrogen) atoms. The van der Waals surface area contributed by atoms with E-state index in [9.17, 15) is 4.79 Å². The van der Waals surface area contributed by atoms with Crippen LogP contribution in [-0.4, -0.2) is 19.9 Å². The lowest BCUT2D eigenvalue weighted by molar-refractivity contribution is 0.930. The van der Waals surface area contributed by atoms with Gasteiger partial charge in [0, 0.05) is 18.3 Å². The maximum Gasteiger partial charge on any atom is 0.251 e. The van der Waals surface area contributed by atoms with Gasteiger partial charge in [0.1, 0.15) is 10.2 Å². The van der Waals surface area contributed by atoms with Gasteiger partial charge in [-0.05, 0) is 11.8 Å². The molecule has 0 aromatic carbocycles. The minimum absolute atomic E-state index is 0.0771. The fourth-order valence-electron chi connectivity index (χ4n) is 0.969. The van der Waals surface area contributed by atoms with Gasteiger partial charge >= 0.3 is 0 Å². The SMILES string of the molecule is Nc1nc(Cl)cc(Sc2nccc(=O)[nH]2)n1. The second-order valence-corrected chi connectivity index (χ2v) is 4.12.